The Balaban J connectivity index is 1.62. The van der Waals surface area contributed by atoms with Crippen molar-refractivity contribution in [1.82, 2.24) is 40.3 Å². The smallest absolute Gasteiger partial charge is 0.408 e. The van der Waals surface area contributed by atoms with Gasteiger partial charge in [-0.25, -0.2) is 14.5 Å². The molecule has 11 heteroatoms. The van der Waals surface area contributed by atoms with Crippen LogP contribution in [0.5, 0.6) is 0 Å². The van der Waals surface area contributed by atoms with Crippen LogP contribution in [0.15, 0.2) is 41.8 Å². The molecule has 0 saturated carbocycles. The number of carbonyl (C=O) groups excluding carboxylic acids is 1. The van der Waals surface area contributed by atoms with Crippen molar-refractivity contribution in [3.63, 3.8) is 0 Å². The molecular weight excluding hydrogens is 484 g/mol. The monoisotopic (exact) mass is 516 g/mol. The number of amides is 1. The number of rotatable bonds is 4. The number of hydrogen-bond donors (Lipinski definition) is 3. The van der Waals surface area contributed by atoms with Crippen LogP contribution in [0.3, 0.4) is 0 Å². The van der Waals surface area contributed by atoms with Gasteiger partial charge in [0.25, 0.3) is 5.56 Å². The lowest BCUT2D eigenvalue weighted by molar-refractivity contribution is 0.0429. The number of hydrogen-bond acceptors (Lipinski definition) is 8. The average molecular weight is 517 g/mol. The maximum atomic E-state index is 13.3. The predicted molar refractivity (Wildman–Crippen MR) is 143 cm³/mol. The van der Waals surface area contributed by atoms with Crippen LogP contribution in [0.1, 0.15) is 50.4 Å². The highest BCUT2D eigenvalue weighted by Gasteiger charge is 2.40. The fourth-order valence-corrected chi connectivity index (χ4v) is 5.04. The van der Waals surface area contributed by atoms with Crippen molar-refractivity contribution in [1.29, 1.82) is 0 Å². The van der Waals surface area contributed by atoms with Crippen LogP contribution >= 0.6 is 0 Å². The highest BCUT2D eigenvalue weighted by atomic mass is 16.6. The van der Waals surface area contributed by atoms with Gasteiger partial charge < -0.3 is 20.4 Å². The first-order valence-corrected chi connectivity index (χ1v) is 12.6. The Kier molecular flexibility index (Phi) is 6.47. The van der Waals surface area contributed by atoms with Gasteiger partial charge in [0, 0.05) is 36.1 Å². The van der Waals surface area contributed by atoms with E-state index in [1.165, 1.54) is 0 Å². The molecule has 0 unspecified atom stereocenters. The molecule has 11 nitrogen and oxygen atoms in total. The Hall–Kier alpha value is -4.12. The molecule has 1 saturated heterocycles. The van der Waals surface area contributed by atoms with Gasteiger partial charge in [0.05, 0.1) is 40.5 Å². The van der Waals surface area contributed by atoms with Gasteiger partial charge in [0.2, 0.25) is 0 Å². The van der Waals surface area contributed by atoms with Gasteiger partial charge in [-0.05, 0) is 65.6 Å². The van der Waals surface area contributed by atoms with Gasteiger partial charge in [-0.2, -0.15) is 5.10 Å². The minimum Gasteiger partial charge on any atom is -0.444 e. The molecule has 0 radical (unpaired) electrons. The third-order valence-electron chi connectivity index (χ3n) is 6.63. The molecule has 1 atom stereocenters. The summed E-state index contributed by atoms with van der Waals surface area (Å²) >= 11 is 0. The van der Waals surface area contributed by atoms with Gasteiger partial charge in [0.15, 0.2) is 0 Å². The average Bonchev–Trinajstić information content (AvgIpc) is 3.26. The van der Waals surface area contributed by atoms with Crippen molar-refractivity contribution in [3.05, 3.63) is 64.2 Å². The van der Waals surface area contributed by atoms with Crippen molar-refractivity contribution >= 4 is 17.0 Å². The molecule has 1 aliphatic rings. The second-order valence-corrected chi connectivity index (χ2v) is 10.7. The van der Waals surface area contributed by atoms with Crippen LogP contribution in [0, 0.1) is 13.8 Å². The molecule has 1 fully saturated rings. The van der Waals surface area contributed by atoms with Gasteiger partial charge in [-0.3, -0.25) is 14.8 Å². The maximum absolute atomic E-state index is 13.3. The second-order valence-electron chi connectivity index (χ2n) is 10.7. The molecule has 4 aromatic heterocycles. The fourth-order valence-electron chi connectivity index (χ4n) is 5.04. The molecule has 38 heavy (non-hydrogen) atoms. The molecule has 4 aromatic rings. The summed E-state index contributed by atoms with van der Waals surface area (Å²) in [6.45, 7) is 10.4. The predicted octanol–water partition coefficient (Wildman–Crippen LogP) is 3.29. The van der Waals surface area contributed by atoms with E-state index < -0.39 is 17.2 Å². The summed E-state index contributed by atoms with van der Waals surface area (Å²) in [5.74, 6) is 0. The number of aromatic nitrogens is 6. The van der Waals surface area contributed by atoms with E-state index in [0.29, 0.717) is 41.2 Å². The van der Waals surface area contributed by atoms with Crippen LogP contribution in [0.25, 0.3) is 28.0 Å². The Morgan fingerprint density at radius 2 is 1.97 bits per heavy atom. The molecule has 0 aliphatic carbocycles. The summed E-state index contributed by atoms with van der Waals surface area (Å²) in [6, 6.07) is 1.91. The number of aromatic amines is 1. The summed E-state index contributed by atoms with van der Waals surface area (Å²) in [4.78, 5) is 42.4. The molecule has 0 bridgehead atoms. The minimum absolute atomic E-state index is 0.264. The standard InChI is InChI=1S/C27H32N8O3/c1-16-10-29-13-20(33-16)19-9-21-18(11-30-19)12-32-35(21)22-14-31-24(36)23(17(22)2)27(7-6-8-28-15-27)34-25(37)38-26(3,4)5/h9-14,28H,6-8,15H2,1-5H3,(H,31,36)(H,34,37)/t27-/m1/s1. The van der Waals surface area contributed by atoms with Gasteiger partial charge in [-0.1, -0.05) is 0 Å². The molecule has 0 aromatic carbocycles. The third kappa shape index (κ3) is 4.89. The number of alkyl carbamates (subject to hydrolysis) is 1. The second kappa shape index (κ2) is 9.64. The Morgan fingerprint density at radius 3 is 2.68 bits per heavy atom. The van der Waals surface area contributed by atoms with Crippen molar-refractivity contribution in [2.24, 2.45) is 0 Å². The summed E-state index contributed by atoms with van der Waals surface area (Å²) < 4.78 is 7.34. The summed E-state index contributed by atoms with van der Waals surface area (Å²) in [5.41, 5.74) is 2.93. The van der Waals surface area contributed by atoms with Gasteiger partial charge >= 0.3 is 6.09 Å². The Morgan fingerprint density at radius 1 is 1.16 bits per heavy atom. The van der Waals surface area contributed by atoms with Crippen LogP contribution in [0.2, 0.25) is 0 Å². The Labute approximate surface area is 220 Å². The van der Waals surface area contributed by atoms with Crippen molar-refractivity contribution in [3.8, 4) is 17.1 Å². The molecule has 1 aliphatic heterocycles. The zero-order valence-electron chi connectivity index (χ0n) is 22.3. The van der Waals surface area contributed by atoms with Gasteiger partial charge in [-0.15, -0.1) is 0 Å². The van der Waals surface area contributed by atoms with E-state index in [2.05, 4.69) is 35.7 Å². The van der Waals surface area contributed by atoms with Crippen LogP contribution in [-0.2, 0) is 10.3 Å². The zero-order chi connectivity index (χ0) is 27.1. The number of aryl methyl sites for hydroxylation is 1. The lowest BCUT2D eigenvalue weighted by Crippen LogP contribution is -2.58. The van der Waals surface area contributed by atoms with Crippen molar-refractivity contribution < 1.29 is 9.53 Å². The van der Waals surface area contributed by atoms with E-state index in [0.717, 1.165) is 29.6 Å². The number of ether oxygens (including phenoxy) is 1. The quantitative estimate of drug-likeness (QED) is 0.375. The SMILES string of the molecule is Cc1cncc(-c2cc3c(cn2)cnn3-c2c[nH]c(=O)c([C@@]3(NC(=O)OC(C)(C)C)CCCNC3)c2C)n1. The lowest BCUT2D eigenvalue weighted by atomic mass is 9.81. The van der Waals surface area contributed by atoms with Crippen molar-refractivity contribution in [2.45, 2.75) is 58.6 Å². The largest absolute Gasteiger partial charge is 0.444 e. The van der Waals surface area contributed by atoms with Gasteiger partial charge in [0.1, 0.15) is 11.3 Å². The number of nitrogens with one attached hydrogen (secondary N) is 3. The number of carbonyl (C=O) groups is 1. The molecule has 5 rings (SSSR count). The fraction of sp³-hybridized carbons (Fsp3) is 0.407. The summed E-state index contributed by atoms with van der Waals surface area (Å²) in [5, 5.41) is 11.8. The third-order valence-corrected chi connectivity index (χ3v) is 6.63. The topological polar surface area (TPSA) is 140 Å². The van der Waals surface area contributed by atoms with Crippen molar-refractivity contribution in [2.75, 3.05) is 13.1 Å². The van der Waals surface area contributed by atoms with Crippen LogP contribution in [0.4, 0.5) is 4.79 Å². The first kappa shape index (κ1) is 25.5. The van der Waals surface area contributed by atoms with E-state index in [4.69, 9.17) is 4.74 Å². The van der Waals surface area contributed by atoms with E-state index in [-0.39, 0.29) is 5.56 Å². The maximum Gasteiger partial charge on any atom is 0.408 e. The number of H-pyrrole nitrogens is 1. The van der Waals surface area contributed by atoms with Crippen LogP contribution in [-0.4, -0.2) is 54.5 Å². The van der Waals surface area contributed by atoms with E-state index in [1.54, 1.807) is 35.7 Å². The zero-order valence-corrected chi connectivity index (χ0v) is 22.3. The Bertz CT molecular complexity index is 1560. The number of pyridine rings is 2. The van der Waals surface area contributed by atoms with E-state index >= 15 is 0 Å². The number of fused-ring (bicyclic) bond motifs is 1. The van der Waals surface area contributed by atoms with Crippen LogP contribution < -0.4 is 16.2 Å². The summed E-state index contributed by atoms with van der Waals surface area (Å²) in [6.07, 6.45) is 9.31. The normalized spacial score (nSPS) is 17.9. The molecular formula is C27H32N8O3. The highest BCUT2D eigenvalue weighted by Crippen LogP contribution is 2.32. The molecule has 5 heterocycles. The van der Waals surface area contributed by atoms with E-state index in [1.807, 2.05) is 40.7 Å². The lowest BCUT2D eigenvalue weighted by Gasteiger charge is -2.39. The number of nitrogens with zero attached hydrogens (tertiary/aromatic N) is 5. The molecule has 1 amide bonds. The molecule has 198 valence electrons. The summed E-state index contributed by atoms with van der Waals surface area (Å²) in [7, 11) is 0. The first-order valence-electron chi connectivity index (χ1n) is 12.6. The minimum atomic E-state index is -0.943. The number of piperidine rings is 1. The van der Waals surface area contributed by atoms with E-state index in [9.17, 15) is 9.59 Å². The molecule has 3 N–H and O–H groups in total. The highest BCUT2D eigenvalue weighted by molar-refractivity contribution is 5.83. The molecule has 0 spiro atoms. The first-order chi connectivity index (χ1) is 18.1.